The van der Waals surface area contributed by atoms with Crippen LogP contribution in [-0.2, 0) is 9.59 Å². The second-order valence-electron chi connectivity index (χ2n) is 4.39. The molecule has 0 aliphatic heterocycles. The first-order chi connectivity index (χ1) is 8.23. The van der Waals surface area contributed by atoms with Gasteiger partial charge in [-0.3, -0.25) is 9.59 Å². The van der Waals surface area contributed by atoms with E-state index >= 15 is 0 Å². The van der Waals surface area contributed by atoms with E-state index in [1.54, 1.807) is 0 Å². The van der Waals surface area contributed by atoms with Crippen molar-refractivity contribution in [2.45, 2.75) is 32.4 Å². The Morgan fingerprint density at radius 1 is 1.28 bits per heavy atom. The third kappa shape index (κ3) is 6.69. The summed E-state index contributed by atoms with van der Waals surface area (Å²) in [7, 11) is 0. The Morgan fingerprint density at radius 3 is 2.22 bits per heavy atom. The van der Waals surface area contributed by atoms with E-state index in [0.717, 1.165) is 0 Å². The van der Waals surface area contributed by atoms with Gasteiger partial charge < -0.3 is 27.2 Å². The lowest BCUT2D eigenvalue weighted by Crippen LogP contribution is -2.53. The van der Waals surface area contributed by atoms with E-state index in [4.69, 9.17) is 16.6 Å². The number of hydrogen-bond acceptors (Lipinski definition) is 4. The minimum Gasteiger partial charge on any atom is -0.465 e. The van der Waals surface area contributed by atoms with Crippen molar-refractivity contribution >= 4 is 17.9 Å². The second kappa shape index (κ2) is 7.49. The highest BCUT2D eigenvalue weighted by atomic mass is 16.4. The van der Waals surface area contributed by atoms with Gasteiger partial charge in [0.2, 0.25) is 11.8 Å². The Hall–Kier alpha value is -1.83. The minimum atomic E-state index is -1.27. The summed E-state index contributed by atoms with van der Waals surface area (Å²) in [4.78, 5) is 32.9. The lowest BCUT2D eigenvalue weighted by Gasteiger charge is -2.19. The van der Waals surface area contributed by atoms with Crippen LogP contribution in [0.3, 0.4) is 0 Å². The SMILES string of the molecule is CC(C)CC(NC(=O)C(N)CNC(=O)O)C(N)=O. The molecule has 0 aromatic heterocycles. The average molecular weight is 260 g/mol. The zero-order chi connectivity index (χ0) is 14.3. The van der Waals surface area contributed by atoms with Gasteiger partial charge in [-0.05, 0) is 12.3 Å². The molecule has 0 aromatic carbocycles. The van der Waals surface area contributed by atoms with Crippen LogP contribution in [-0.4, -0.2) is 41.6 Å². The van der Waals surface area contributed by atoms with E-state index in [1.807, 2.05) is 19.2 Å². The lowest BCUT2D eigenvalue weighted by atomic mass is 10.0. The van der Waals surface area contributed by atoms with Crippen LogP contribution in [0.4, 0.5) is 4.79 Å². The van der Waals surface area contributed by atoms with Gasteiger partial charge in [0, 0.05) is 6.54 Å². The molecule has 2 unspecified atom stereocenters. The summed E-state index contributed by atoms with van der Waals surface area (Å²) in [6.07, 6.45) is -0.868. The van der Waals surface area contributed by atoms with Crippen LogP contribution in [0.15, 0.2) is 0 Å². The first-order valence-electron chi connectivity index (χ1n) is 5.56. The van der Waals surface area contributed by atoms with Crippen molar-refractivity contribution < 1.29 is 19.5 Å². The van der Waals surface area contributed by atoms with Gasteiger partial charge in [0.1, 0.15) is 12.1 Å². The number of carbonyl (C=O) groups excluding carboxylic acids is 2. The van der Waals surface area contributed by atoms with Crippen molar-refractivity contribution in [2.75, 3.05) is 6.54 Å². The Morgan fingerprint density at radius 2 is 1.83 bits per heavy atom. The molecule has 0 radical (unpaired) electrons. The maximum atomic E-state index is 11.6. The number of amides is 3. The van der Waals surface area contributed by atoms with Crippen molar-refractivity contribution in [3.8, 4) is 0 Å². The van der Waals surface area contributed by atoms with Crippen LogP contribution in [0.2, 0.25) is 0 Å². The molecule has 0 bridgehead atoms. The first-order valence-corrected chi connectivity index (χ1v) is 5.56. The fourth-order valence-electron chi connectivity index (χ4n) is 1.29. The Bertz CT molecular complexity index is 319. The molecule has 7 N–H and O–H groups in total. The number of rotatable bonds is 7. The molecule has 0 saturated carbocycles. The van der Waals surface area contributed by atoms with E-state index in [2.05, 4.69) is 5.32 Å². The van der Waals surface area contributed by atoms with Crippen LogP contribution in [0.5, 0.6) is 0 Å². The minimum absolute atomic E-state index is 0.177. The van der Waals surface area contributed by atoms with Crippen LogP contribution >= 0.6 is 0 Å². The fraction of sp³-hybridized carbons (Fsp3) is 0.700. The highest BCUT2D eigenvalue weighted by Crippen LogP contribution is 2.04. The molecule has 0 fully saturated rings. The summed E-state index contributed by atoms with van der Waals surface area (Å²) >= 11 is 0. The quantitative estimate of drug-likeness (QED) is 0.381. The van der Waals surface area contributed by atoms with Crippen LogP contribution < -0.4 is 22.1 Å². The summed E-state index contributed by atoms with van der Waals surface area (Å²) in [5, 5.41) is 12.7. The van der Waals surface area contributed by atoms with Gasteiger partial charge >= 0.3 is 6.09 Å². The smallest absolute Gasteiger partial charge is 0.404 e. The Kier molecular flexibility index (Phi) is 6.73. The molecule has 0 aliphatic carbocycles. The third-order valence-electron chi connectivity index (χ3n) is 2.18. The van der Waals surface area contributed by atoms with Crippen molar-refractivity contribution in [3.63, 3.8) is 0 Å². The molecule has 0 saturated heterocycles. The Balaban J connectivity index is 4.31. The van der Waals surface area contributed by atoms with Crippen molar-refractivity contribution in [1.29, 1.82) is 0 Å². The second-order valence-corrected chi connectivity index (χ2v) is 4.39. The molecule has 3 amide bonds. The van der Waals surface area contributed by atoms with E-state index < -0.39 is 30.0 Å². The predicted molar refractivity (Wildman–Crippen MR) is 64.6 cm³/mol. The fourth-order valence-corrected chi connectivity index (χ4v) is 1.29. The molecule has 8 nitrogen and oxygen atoms in total. The molecule has 8 heteroatoms. The van der Waals surface area contributed by atoms with Gasteiger partial charge in [-0.15, -0.1) is 0 Å². The third-order valence-corrected chi connectivity index (χ3v) is 2.18. The number of nitrogens with two attached hydrogens (primary N) is 2. The number of primary amides is 1. The van der Waals surface area contributed by atoms with E-state index in [9.17, 15) is 14.4 Å². The van der Waals surface area contributed by atoms with Crippen molar-refractivity contribution in [3.05, 3.63) is 0 Å². The maximum absolute atomic E-state index is 11.6. The topological polar surface area (TPSA) is 148 Å². The zero-order valence-electron chi connectivity index (χ0n) is 10.5. The average Bonchev–Trinajstić information content (AvgIpc) is 2.23. The standard InChI is InChI=1S/C10H20N4O4/c1-5(2)3-7(8(12)15)14-9(16)6(11)4-13-10(17)18/h5-7,13H,3-4,11H2,1-2H3,(H2,12,15)(H,14,16)(H,17,18). The van der Waals surface area contributed by atoms with Gasteiger partial charge in [-0.2, -0.15) is 0 Å². The summed E-state index contributed by atoms with van der Waals surface area (Å²) in [5.74, 6) is -1.08. The molecule has 0 rings (SSSR count). The summed E-state index contributed by atoms with van der Waals surface area (Å²) in [6, 6.07) is -1.86. The molecule has 0 aliphatic rings. The molecule has 18 heavy (non-hydrogen) atoms. The van der Waals surface area contributed by atoms with Crippen LogP contribution in [0.1, 0.15) is 20.3 Å². The first kappa shape index (κ1) is 16.2. The summed E-state index contributed by atoms with van der Waals surface area (Å²) in [6.45, 7) is 3.54. The number of nitrogens with one attached hydrogen (secondary N) is 2. The molecule has 104 valence electrons. The van der Waals surface area contributed by atoms with E-state index in [0.29, 0.717) is 6.42 Å². The monoisotopic (exact) mass is 260 g/mol. The van der Waals surface area contributed by atoms with Crippen LogP contribution in [0.25, 0.3) is 0 Å². The van der Waals surface area contributed by atoms with Gasteiger partial charge in [-0.25, -0.2) is 4.79 Å². The van der Waals surface area contributed by atoms with Crippen LogP contribution in [0, 0.1) is 5.92 Å². The van der Waals surface area contributed by atoms with Crippen molar-refractivity contribution in [2.24, 2.45) is 17.4 Å². The highest BCUT2D eigenvalue weighted by molar-refractivity contribution is 5.89. The normalized spacial score (nSPS) is 13.8. The Labute approximate surface area is 105 Å². The van der Waals surface area contributed by atoms with Gasteiger partial charge in [-0.1, -0.05) is 13.8 Å². The molecular formula is C10H20N4O4. The van der Waals surface area contributed by atoms with Crippen molar-refractivity contribution in [1.82, 2.24) is 10.6 Å². The number of hydrogen-bond donors (Lipinski definition) is 5. The zero-order valence-corrected chi connectivity index (χ0v) is 10.5. The number of carboxylic acid groups (broad SMARTS) is 1. The molecule has 0 aromatic rings. The van der Waals surface area contributed by atoms with E-state index in [1.165, 1.54) is 0 Å². The van der Waals surface area contributed by atoms with Gasteiger partial charge in [0.05, 0.1) is 0 Å². The van der Waals surface area contributed by atoms with E-state index in [-0.39, 0.29) is 12.5 Å². The molecule has 0 spiro atoms. The molecule has 0 heterocycles. The molecule has 2 atom stereocenters. The van der Waals surface area contributed by atoms with Gasteiger partial charge in [0.15, 0.2) is 0 Å². The predicted octanol–water partition coefficient (Wildman–Crippen LogP) is -1.40. The summed E-state index contributed by atoms with van der Waals surface area (Å²) < 4.78 is 0. The largest absolute Gasteiger partial charge is 0.465 e. The maximum Gasteiger partial charge on any atom is 0.404 e. The highest BCUT2D eigenvalue weighted by Gasteiger charge is 2.22. The number of carbonyl (C=O) groups is 3. The lowest BCUT2D eigenvalue weighted by molar-refractivity contribution is -0.128. The molecular weight excluding hydrogens is 240 g/mol. The summed E-state index contributed by atoms with van der Waals surface area (Å²) in [5.41, 5.74) is 10.6. The van der Waals surface area contributed by atoms with Gasteiger partial charge in [0.25, 0.3) is 0 Å².